The number of rotatable bonds is 5. The second kappa shape index (κ2) is 5.98. The fraction of sp³-hybridized carbons (Fsp3) is 0.538. The lowest BCUT2D eigenvalue weighted by Gasteiger charge is -2.24. The van der Waals surface area contributed by atoms with Gasteiger partial charge in [0.05, 0.1) is 11.7 Å². The van der Waals surface area contributed by atoms with E-state index in [-0.39, 0.29) is 5.60 Å². The molecule has 1 N–H and O–H groups in total. The summed E-state index contributed by atoms with van der Waals surface area (Å²) in [5, 5.41) is 10.0. The molecule has 16 heavy (non-hydrogen) atoms. The van der Waals surface area contributed by atoms with Crippen molar-refractivity contribution in [2.75, 3.05) is 7.11 Å². The summed E-state index contributed by atoms with van der Waals surface area (Å²) in [6.45, 7) is 4.07. The maximum absolute atomic E-state index is 10.0. The molecule has 0 saturated carbocycles. The molecular formula is C13H19IO2. The largest absolute Gasteiger partial charge is 0.388 e. The van der Waals surface area contributed by atoms with Crippen molar-refractivity contribution in [3.8, 4) is 0 Å². The Kier molecular flexibility index (Phi) is 5.21. The summed E-state index contributed by atoms with van der Waals surface area (Å²) in [5.41, 5.74) is 0.821. The zero-order chi connectivity index (χ0) is 12.2. The predicted molar refractivity (Wildman–Crippen MR) is 74.4 cm³/mol. The first-order valence-corrected chi connectivity index (χ1v) is 6.51. The summed E-state index contributed by atoms with van der Waals surface area (Å²) in [5.74, 6) is 0. The van der Waals surface area contributed by atoms with Gasteiger partial charge in [-0.3, -0.25) is 0 Å². The standard InChI is InChI=1S/C13H19IO2/c1-13(2,16-3)8-7-12(15)10-5-4-6-11(14)9-10/h4-6,9,12,15H,7-8H2,1-3H3. The Morgan fingerprint density at radius 3 is 2.69 bits per heavy atom. The van der Waals surface area contributed by atoms with Crippen molar-refractivity contribution in [3.63, 3.8) is 0 Å². The maximum atomic E-state index is 10.0. The number of hydrogen-bond acceptors (Lipinski definition) is 2. The SMILES string of the molecule is COC(C)(C)CCC(O)c1cccc(I)c1. The van der Waals surface area contributed by atoms with Crippen LogP contribution >= 0.6 is 22.6 Å². The van der Waals surface area contributed by atoms with E-state index in [2.05, 4.69) is 22.6 Å². The van der Waals surface area contributed by atoms with Crippen LogP contribution < -0.4 is 0 Å². The van der Waals surface area contributed by atoms with Gasteiger partial charge >= 0.3 is 0 Å². The minimum absolute atomic E-state index is 0.164. The van der Waals surface area contributed by atoms with E-state index in [1.54, 1.807) is 7.11 Å². The van der Waals surface area contributed by atoms with Crippen molar-refractivity contribution in [3.05, 3.63) is 33.4 Å². The molecule has 0 saturated heterocycles. The Labute approximate surface area is 111 Å². The number of hydrogen-bond donors (Lipinski definition) is 1. The number of aliphatic hydroxyl groups excluding tert-OH is 1. The van der Waals surface area contributed by atoms with E-state index in [0.29, 0.717) is 0 Å². The van der Waals surface area contributed by atoms with Crippen LogP contribution in [0.1, 0.15) is 38.4 Å². The van der Waals surface area contributed by atoms with Crippen LogP contribution in [0.2, 0.25) is 0 Å². The number of halogens is 1. The molecule has 1 rings (SSSR count). The molecule has 0 amide bonds. The quantitative estimate of drug-likeness (QED) is 0.835. The Morgan fingerprint density at radius 2 is 2.12 bits per heavy atom. The molecule has 90 valence electrons. The Hall–Kier alpha value is -0.130. The Balaban J connectivity index is 2.56. The van der Waals surface area contributed by atoms with E-state index in [4.69, 9.17) is 4.74 Å². The van der Waals surface area contributed by atoms with Gasteiger partial charge in [-0.05, 0) is 67.0 Å². The van der Waals surface area contributed by atoms with Crippen LogP contribution in [0.25, 0.3) is 0 Å². The lowest BCUT2D eigenvalue weighted by molar-refractivity contribution is 0.00278. The molecule has 0 aromatic heterocycles. The number of benzene rings is 1. The van der Waals surface area contributed by atoms with Crippen LogP contribution in [0.3, 0.4) is 0 Å². The first kappa shape index (κ1) is 13.9. The molecule has 1 unspecified atom stereocenters. The maximum Gasteiger partial charge on any atom is 0.0791 e. The molecular weight excluding hydrogens is 315 g/mol. The predicted octanol–water partition coefficient (Wildman–Crippen LogP) is 3.53. The van der Waals surface area contributed by atoms with E-state index in [1.165, 1.54) is 0 Å². The minimum atomic E-state index is -0.399. The van der Waals surface area contributed by atoms with Gasteiger partial charge in [-0.1, -0.05) is 12.1 Å². The molecule has 0 aliphatic carbocycles. The third kappa shape index (κ3) is 4.39. The molecule has 0 heterocycles. The van der Waals surface area contributed by atoms with Gasteiger partial charge < -0.3 is 9.84 Å². The summed E-state index contributed by atoms with van der Waals surface area (Å²) in [4.78, 5) is 0. The molecule has 1 atom stereocenters. The summed E-state index contributed by atoms with van der Waals surface area (Å²) in [7, 11) is 1.71. The minimum Gasteiger partial charge on any atom is -0.388 e. The molecule has 1 aromatic carbocycles. The van der Waals surface area contributed by atoms with Gasteiger partial charge in [-0.2, -0.15) is 0 Å². The zero-order valence-electron chi connectivity index (χ0n) is 10.0. The fourth-order valence-corrected chi connectivity index (χ4v) is 2.03. The van der Waals surface area contributed by atoms with Gasteiger partial charge in [0.1, 0.15) is 0 Å². The lowest BCUT2D eigenvalue weighted by atomic mass is 9.97. The first-order chi connectivity index (χ1) is 7.44. The van der Waals surface area contributed by atoms with Gasteiger partial charge in [0, 0.05) is 10.7 Å². The van der Waals surface area contributed by atoms with E-state index in [1.807, 2.05) is 38.1 Å². The van der Waals surface area contributed by atoms with Gasteiger partial charge in [0.2, 0.25) is 0 Å². The normalized spacial score (nSPS) is 13.8. The highest BCUT2D eigenvalue weighted by molar-refractivity contribution is 14.1. The molecule has 0 fully saturated rings. The van der Waals surface area contributed by atoms with Crippen LogP contribution in [-0.2, 0) is 4.74 Å². The fourth-order valence-electron chi connectivity index (χ4n) is 1.47. The molecule has 0 radical (unpaired) electrons. The molecule has 0 aliphatic heterocycles. The molecule has 0 spiro atoms. The summed E-state index contributed by atoms with van der Waals surface area (Å²) in [6.07, 6.45) is 1.17. The summed E-state index contributed by atoms with van der Waals surface area (Å²) < 4.78 is 6.49. The molecule has 0 aliphatic rings. The smallest absolute Gasteiger partial charge is 0.0791 e. The average Bonchev–Trinajstić information content (AvgIpc) is 2.26. The molecule has 3 heteroatoms. The van der Waals surface area contributed by atoms with Crippen molar-refractivity contribution in [2.24, 2.45) is 0 Å². The summed E-state index contributed by atoms with van der Waals surface area (Å²) >= 11 is 2.25. The van der Waals surface area contributed by atoms with Crippen molar-refractivity contribution in [1.29, 1.82) is 0 Å². The van der Waals surface area contributed by atoms with E-state index < -0.39 is 6.10 Å². The second-order valence-electron chi connectivity index (χ2n) is 4.57. The van der Waals surface area contributed by atoms with E-state index in [9.17, 15) is 5.11 Å². The van der Waals surface area contributed by atoms with Crippen molar-refractivity contribution in [2.45, 2.75) is 38.4 Å². The van der Waals surface area contributed by atoms with Crippen molar-refractivity contribution < 1.29 is 9.84 Å². The highest BCUT2D eigenvalue weighted by Crippen LogP contribution is 2.25. The highest BCUT2D eigenvalue weighted by Gasteiger charge is 2.18. The van der Waals surface area contributed by atoms with Crippen molar-refractivity contribution >= 4 is 22.6 Å². The number of methoxy groups -OCH3 is 1. The highest BCUT2D eigenvalue weighted by atomic mass is 127. The number of aliphatic hydroxyl groups is 1. The van der Waals surface area contributed by atoms with Crippen LogP contribution in [0.4, 0.5) is 0 Å². The van der Waals surface area contributed by atoms with Gasteiger partial charge in [-0.25, -0.2) is 0 Å². The third-order valence-corrected chi connectivity index (χ3v) is 3.48. The molecule has 0 bridgehead atoms. The Morgan fingerprint density at radius 1 is 1.44 bits per heavy atom. The van der Waals surface area contributed by atoms with Gasteiger partial charge in [-0.15, -0.1) is 0 Å². The van der Waals surface area contributed by atoms with E-state index >= 15 is 0 Å². The van der Waals surface area contributed by atoms with E-state index in [0.717, 1.165) is 22.0 Å². The van der Waals surface area contributed by atoms with Gasteiger partial charge in [0.15, 0.2) is 0 Å². The topological polar surface area (TPSA) is 29.5 Å². The van der Waals surface area contributed by atoms with Crippen LogP contribution in [-0.4, -0.2) is 17.8 Å². The van der Waals surface area contributed by atoms with Crippen molar-refractivity contribution in [1.82, 2.24) is 0 Å². The lowest BCUT2D eigenvalue weighted by Crippen LogP contribution is -2.23. The van der Waals surface area contributed by atoms with Crippen LogP contribution in [0, 0.1) is 3.57 Å². The average molecular weight is 334 g/mol. The Bertz CT molecular complexity index is 336. The monoisotopic (exact) mass is 334 g/mol. The van der Waals surface area contributed by atoms with Crippen LogP contribution in [0.5, 0.6) is 0 Å². The molecule has 2 nitrogen and oxygen atoms in total. The summed E-state index contributed by atoms with van der Waals surface area (Å²) in [6, 6.07) is 7.98. The second-order valence-corrected chi connectivity index (χ2v) is 5.82. The van der Waals surface area contributed by atoms with Gasteiger partial charge in [0.25, 0.3) is 0 Å². The van der Waals surface area contributed by atoms with Crippen LogP contribution in [0.15, 0.2) is 24.3 Å². The third-order valence-electron chi connectivity index (χ3n) is 2.81. The first-order valence-electron chi connectivity index (χ1n) is 5.43. The number of ether oxygens (including phenoxy) is 1. The zero-order valence-corrected chi connectivity index (χ0v) is 12.2. The molecule has 1 aromatic rings.